The minimum atomic E-state index is -1.02. The lowest BCUT2D eigenvalue weighted by atomic mass is 9.87. The molecule has 0 saturated heterocycles. The van der Waals surface area contributed by atoms with Crippen molar-refractivity contribution in [3.05, 3.63) is 24.3 Å². The molecule has 0 bridgehead atoms. The van der Waals surface area contributed by atoms with Crippen molar-refractivity contribution >= 4 is 23.6 Å². The Morgan fingerprint density at radius 1 is 1.29 bits per heavy atom. The van der Waals surface area contributed by atoms with Gasteiger partial charge >= 0.3 is 5.97 Å². The summed E-state index contributed by atoms with van der Waals surface area (Å²) in [5.74, 6) is -0.391. The first-order valence-corrected chi connectivity index (χ1v) is 7.51. The van der Waals surface area contributed by atoms with Crippen LogP contribution in [-0.2, 0) is 9.59 Å². The smallest absolute Gasteiger partial charge is 0.326 e. The first kappa shape index (κ1) is 17.4. The van der Waals surface area contributed by atoms with Gasteiger partial charge in [0.25, 0.3) is 0 Å². The van der Waals surface area contributed by atoms with Gasteiger partial charge in [0.05, 0.1) is 12.9 Å². The van der Waals surface area contributed by atoms with Gasteiger partial charge in [-0.2, -0.15) is 0 Å². The molecule has 0 aliphatic heterocycles. The van der Waals surface area contributed by atoms with E-state index in [1.165, 1.54) is 11.8 Å². The summed E-state index contributed by atoms with van der Waals surface area (Å²) in [7, 11) is 1.59. The molecule has 116 valence electrons. The van der Waals surface area contributed by atoms with Gasteiger partial charge in [-0.25, -0.2) is 4.79 Å². The lowest BCUT2D eigenvalue weighted by Gasteiger charge is -2.27. The van der Waals surface area contributed by atoms with Crippen molar-refractivity contribution in [1.29, 1.82) is 0 Å². The third-order valence-electron chi connectivity index (χ3n) is 2.85. The Balaban J connectivity index is 2.54. The third-order valence-corrected chi connectivity index (χ3v) is 3.86. The van der Waals surface area contributed by atoms with E-state index >= 15 is 0 Å². The zero-order valence-electron chi connectivity index (χ0n) is 12.7. The van der Waals surface area contributed by atoms with Crippen molar-refractivity contribution in [2.75, 3.05) is 12.9 Å². The normalized spacial score (nSPS) is 12.6. The van der Waals surface area contributed by atoms with Crippen LogP contribution in [0.2, 0.25) is 0 Å². The van der Waals surface area contributed by atoms with Gasteiger partial charge in [0.2, 0.25) is 5.91 Å². The second-order valence-electron chi connectivity index (χ2n) is 5.67. The molecule has 2 N–H and O–H groups in total. The zero-order valence-corrected chi connectivity index (χ0v) is 13.5. The van der Waals surface area contributed by atoms with E-state index in [2.05, 4.69) is 5.32 Å². The zero-order chi connectivity index (χ0) is 16.0. The first-order chi connectivity index (χ1) is 9.74. The number of rotatable bonds is 6. The summed E-state index contributed by atoms with van der Waals surface area (Å²) >= 11 is 1.35. The monoisotopic (exact) mass is 311 g/mol. The molecule has 1 aromatic rings. The molecule has 0 spiro atoms. The fourth-order valence-electron chi connectivity index (χ4n) is 1.67. The molecule has 0 heterocycles. The molecule has 0 fully saturated rings. The minimum absolute atomic E-state index is 0.173. The van der Waals surface area contributed by atoms with E-state index in [1.807, 2.05) is 24.3 Å². The molecule has 0 saturated carbocycles. The number of nitrogens with one attached hydrogen (secondary N) is 1. The standard InChI is InChI=1S/C15H21NO4S/c1-15(2,3)13(14(18)19)16-12(17)9-21-11-7-5-10(20-4)6-8-11/h5-8,13H,9H2,1-4H3,(H,16,17)(H,18,19)/t13-/m0/s1. The summed E-state index contributed by atoms with van der Waals surface area (Å²) in [5, 5.41) is 11.7. The maximum Gasteiger partial charge on any atom is 0.326 e. The number of amides is 1. The van der Waals surface area contributed by atoms with Crippen molar-refractivity contribution in [2.24, 2.45) is 5.41 Å². The lowest BCUT2D eigenvalue weighted by molar-refractivity contribution is -0.144. The molecule has 0 radical (unpaired) electrons. The Bertz CT molecular complexity index is 493. The Hall–Kier alpha value is -1.69. The molecule has 5 nitrogen and oxygen atoms in total. The molecule has 6 heteroatoms. The highest BCUT2D eigenvalue weighted by Gasteiger charge is 2.32. The van der Waals surface area contributed by atoms with Crippen LogP contribution >= 0.6 is 11.8 Å². The van der Waals surface area contributed by atoms with Crippen LogP contribution in [0.4, 0.5) is 0 Å². The summed E-state index contributed by atoms with van der Waals surface area (Å²) in [6.45, 7) is 5.34. The Morgan fingerprint density at radius 2 is 1.86 bits per heavy atom. The summed E-state index contributed by atoms with van der Waals surface area (Å²) in [5.41, 5.74) is -0.535. The average Bonchev–Trinajstić information content (AvgIpc) is 2.41. The molecular formula is C15H21NO4S. The van der Waals surface area contributed by atoms with E-state index < -0.39 is 17.4 Å². The van der Waals surface area contributed by atoms with Gasteiger partial charge in [-0.1, -0.05) is 20.8 Å². The summed E-state index contributed by atoms with van der Waals surface area (Å²) in [6, 6.07) is 6.44. The van der Waals surface area contributed by atoms with Gasteiger partial charge in [0.15, 0.2) is 0 Å². The topological polar surface area (TPSA) is 75.6 Å². The summed E-state index contributed by atoms with van der Waals surface area (Å²) in [6.07, 6.45) is 0. The van der Waals surface area contributed by atoms with Crippen LogP contribution in [0.15, 0.2) is 29.2 Å². The molecule has 0 aliphatic rings. The maximum atomic E-state index is 11.9. The van der Waals surface area contributed by atoms with Crippen LogP contribution in [0.3, 0.4) is 0 Å². The molecule has 0 aromatic heterocycles. The largest absolute Gasteiger partial charge is 0.497 e. The van der Waals surface area contributed by atoms with Crippen LogP contribution < -0.4 is 10.1 Å². The van der Waals surface area contributed by atoms with Gasteiger partial charge in [-0.05, 0) is 29.7 Å². The van der Waals surface area contributed by atoms with Crippen LogP contribution in [0.1, 0.15) is 20.8 Å². The van der Waals surface area contributed by atoms with Gasteiger partial charge < -0.3 is 15.2 Å². The number of carboxylic acid groups (broad SMARTS) is 1. The van der Waals surface area contributed by atoms with E-state index in [4.69, 9.17) is 9.84 Å². The van der Waals surface area contributed by atoms with Crippen LogP contribution in [0.5, 0.6) is 5.75 Å². The number of carboxylic acids is 1. The SMILES string of the molecule is COc1ccc(SCC(=O)N[C@@H](C(=O)O)C(C)(C)C)cc1. The van der Waals surface area contributed by atoms with E-state index in [9.17, 15) is 9.59 Å². The highest BCUT2D eigenvalue weighted by Crippen LogP contribution is 2.22. The van der Waals surface area contributed by atoms with E-state index in [-0.39, 0.29) is 11.7 Å². The molecule has 1 atom stereocenters. The first-order valence-electron chi connectivity index (χ1n) is 6.53. The van der Waals surface area contributed by atoms with Crippen molar-refractivity contribution < 1.29 is 19.4 Å². The summed E-state index contributed by atoms with van der Waals surface area (Å²) in [4.78, 5) is 24.0. The molecular weight excluding hydrogens is 290 g/mol. The number of benzene rings is 1. The number of thioether (sulfide) groups is 1. The number of methoxy groups -OCH3 is 1. The van der Waals surface area contributed by atoms with Crippen molar-refractivity contribution in [2.45, 2.75) is 31.7 Å². The number of aliphatic carboxylic acids is 1. The number of ether oxygens (including phenoxy) is 1. The number of carbonyl (C=O) groups is 2. The quantitative estimate of drug-likeness (QED) is 0.789. The van der Waals surface area contributed by atoms with Gasteiger partial charge in [-0.3, -0.25) is 4.79 Å². The Kier molecular flexibility index (Phi) is 6.08. The van der Waals surface area contributed by atoms with Crippen LogP contribution in [-0.4, -0.2) is 35.9 Å². The maximum absolute atomic E-state index is 11.9. The predicted molar refractivity (Wildman–Crippen MR) is 82.7 cm³/mol. The van der Waals surface area contributed by atoms with E-state index in [0.29, 0.717) is 0 Å². The molecule has 21 heavy (non-hydrogen) atoms. The fraction of sp³-hybridized carbons (Fsp3) is 0.467. The fourth-order valence-corrected chi connectivity index (χ4v) is 2.38. The summed E-state index contributed by atoms with van der Waals surface area (Å²) < 4.78 is 5.06. The van der Waals surface area contributed by atoms with E-state index in [1.54, 1.807) is 27.9 Å². The van der Waals surface area contributed by atoms with Crippen molar-refractivity contribution in [3.8, 4) is 5.75 Å². The van der Waals surface area contributed by atoms with Gasteiger partial charge in [0, 0.05) is 4.90 Å². The third kappa shape index (κ3) is 5.67. The molecule has 1 amide bonds. The van der Waals surface area contributed by atoms with Crippen molar-refractivity contribution in [3.63, 3.8) is 0 Å². The van der Waals surface area contributed by atoms with Gasteiger partial charge in [0.1, 0.15) is 11.8 Å². The lowest BCUT2D eigenvalue weighted by Crippen LogP contribution is -2.49. The molecule has 1 rings (SSSR count). The van der Waals surface area contributed by atoms with E-state index in [0.717, 1.165) is 10.6 Å². The Labute approximate surface area is 129 Å². The Morgan fingerprint density at radius 3 is 2.29 bits per heavy atom. The second-order valence-corrected chi connectivity index (χ2v) is 6.72. The minimum Gasteiger partial charge on any atom is -0.497 e. The number of hydrogen-bond acceptors (Lipinski definition) is 4. The molecule has 0 aliphatic carbocycles. The second kappa shape index (κ2) is 7.36. The number of hydrogen-bond donors (Lipinski definition) is 2. The predicted octanol–water partition coefficient (Wildman–Crippen LogP) is 2.40. The van der Waals surface area contributed by atoms with Crippen LogP contribution in [0, 0.1) is 5.41 Å². The van der Waals surface area contributed by atoms with Gasteiger partial charge in [-0.15, -0.1) is 11.8 Å². The average molecular weight is 311 g/mol. The number of carbonyl (C=O) groups excluding carboxylic acids is 1. The van der Waals surface area contributed by atoms with Crippen molar-refractivity contribution in [1.82, 2.24) is 5.32 Å². The highest BCUT2D eigenvalue weighted by molar-refractivity contribution is 8.00. The van der Waals surface area contributed by atoms with Crippen LogP contribution in [0.25, 0.3) is 0 Å². The molecule has 0 unspecified atom stereocenters. The molecule has 1 aromatic carbocycles. The highest BCUT2D eigenvalue weighted by atomic mass is 32.2.